The molecule has 1 aliphatic rings. The molecule has 0 radical (unpaired) electrons. The Kier molecular flexibility index (Phi) is 4.38. The Morgan fingerprint density at radius 2 is 1.92 bits per heavy atom. The molecule has 2 heterocycles. The number of aromatic nitrogens is 2. The first kappa shape index (κ1) is 18.2. The number of hydrogen-bond acceptors (Lipinski definition) is 4. The van der Waals surface area contributed by atoms with Gasteiger partial charge < -0.3 is 14.6 Å². The number of amides is 1. The summed E-state index contributed by atoms with van der Waals surface area (Å²) in [4.78, 5) is 35.1. The molecule has 0 aliphatic carbocycles. The van der Waals surface area contributed by atoms with E-state index in [1.54, 1.807) is 17.3 Å². The highest BCUT2D eigenvalue weighted by Crippen LogP contribution is 2.40. The number of anilines is 1. The Balaban J connectivity index is 2.05. The molecule has 1 aliphatic heterocycles. The van der Waals surface area contributed by atoms with Crippen LogP contribution < -0.4 is 4.90 Å². The minimum atomic E-state index is -1.14. The third-order valence-electron chi connectivity index (χ3n) is 4.63. The molecule has 6 nitrogen and oxygen atoms in total. The van der Waals surface area contributed by atoms with E-state index in [1.807, 2.05) is 52.8 Å². The lowest BCUT2D eigenvalue weighted by atomic mass is 9.85. The monoisotopic (exact) mass is 355 g/mol. The van der Waals surface area contributed by atoms with Crippen LogP contribution in [0.3, 0.4) is 0 Å². The highest BCUT2D eigenvalue weighted by molar-refractivity contribution is 6.04. The quantitative estimate of drug-likeness (QED) is 0.859. The first-order chi connectivity index (χ1) is 12.1. The van der Waals surface area contributed by atoms with Gasteiger partial charge in [-0.2, -0.15) is 0 Å². The summed E-state index contributed by atoms with van der Waals surface area (Å²) in [6, 6.07) is 5.90. The second kappa shape index (κ2) is 6.27. The first-order valence-electron chi connectivity index (χ1n) is 8.74. The van der Waals surface area contributed by atoms with E-state index in [0.717, 1.165) is 16.8 Å². The number of benzene rings is 1. The lowest BCUT2D eigenvalue weighted by Gasteiger charge is -2.30. The van der Waals surface area contributed by atoms with Gasteiger partial charge in [0.2, 0.25) is 5.91 Å². The predicted octanol–water partition coefficient (Wildman–Crippen LogP) is 3.04. The molecule has 0 saturated carbocycles. The minimum absolute atomic E-state index is 0.0310. The zero-order valence-electron chi connectivity index (χ0n) is 15.9. The number of nitrogens with one attached hydrogen (secondary N) is 1. The van der Waals surface area contributed by atoms with Gasteiger partial charge in [-0.05, 0) is 45.7 Å². The Morgan fingerprint density at radius 3 is 2.46 bits per heavy atom. The maximum atomic E-state index is 13.1. The van der Waals surface area contributed by atoms with Crippen molar-refractivity contribution in [1.29, 1.82) is 0 Å². The highest BCUT2D eigenvalue weighted by Gasteiger charge is 2.54. The van der Waals surface area contributed by atoms with Crippen molar-refractivity contribution in [1.82, 2.24) is 9.97 Å². The molecule has 0 spiro atoms. The zero-order valence-corrected chi connectivity index (χ0v) is 15.9. The summed E-state index contributed by atoms with van der Waals surface area (Å²) >= 11 is 0. The van der Waals surface area contributed by atoms with E-state index < -0.39 is 17.0 Å². The maximum Gasteiger partial charge on any atom is 0.322 e. The molecule has 1 unspecified atom stereocenters. The number of ether oxygens (including phenoxy) is 1. The van der Waals surface area contributed by atoms with Crippen LogP contribution in [0.2, 0.25) is 0 Å². The Labute approximate surface area is 153 Å². The van der Waals surface area contributed by atoms with Crippen LogP contribution >= 0.6 is 0 Å². The van der Waals surface area contributed by atoms with E-state index in [9.17, 15) is 9.59 Å². The number of carbonyl (C=O) groups is 2. The summed E-state index contributed by atoms with van der Waals surface area (Å²) in [6.07, 6.45) is 3.28. The van der Waals surface area contributed by atoms with Crippen molar-refractivity contribution in [3.8, 4) is 0 Å². The van der Waals surface area contributed by atoms with Gasteiger partial charge in [-0.15, -0.1) is 0 Å². The van der Waals surface area contributed by atoms with Crippen LogP contribution in [0.25, 0.3) is 0 Å². The number of esters is 1. The van der Waals surface area contributed by atoms with Crippen LogP contribution in [0, 0.1) is 13.8 Å². The van der Waals surface area contributed by atoms with Crippen molar-refractivity contribution in [2.24, 2.45) is 0 Å². The molecule has 1 atom stereocenters. The average Bonchev–Trinajstić information content (AvgIpc) is 3.15. The van der Waals surface area contributed by atoms with Crippen LogP contribution in [-0.2, 0) is 19.7 Å². The van der Waals surface area contributed by atoms with Crippen LogP contribution in [0.5, 0.6) is 0 Å². The van der Waals surface area contributed by atoms with E-state index in [2.05, 4.69) is 9.97 Å². The molecule has 3 rings (SSSR count). The first-order valence-corrected chi connectivity index (χ1v) is 8.74. The van der Waals surface area contributed by atoms with Gasteiger partial charge in [-0.25, -0.2) is 4.98 Å². The zero-order chi connectivity index (χ0) is 19.1. The van der Waals surface area contributed by atoms with Gasteiger partial charge >= 0.3 is 5.97 Å². The van der Waals surface area contributed by atoms with Crippen molar-refractivity contribution in [3.63, 3.8) is 0 Å². The van der Waals surface area contributed by atoms with Crippen LogP contribution in [0.1, 0.15) is 44.1 Å². The standard InChI is InChI=1S/C20H25N3O3/c1-13-7-6-8-14(2)16(13)23-12-20(11-15(23)24,17-21-9-10-22-17)18(25)26-19(3,4)5/h6-10H,11-12H2,1-5H3,(H,21,22). The topological polar surface area (TPSA) is 75.3 Å². The van der Waals surface area contributed by atoms with Gasteiger partial charge in [0.15, 0.2) is 5.41 Å². The fourth-order valence-corrected chi connectivity index (χ4v) is 3.50. The second-order valence-electron chi connectivity index (χ2n) is 7.92. The van der Waals surface area contributed by atoms with E-state index in [1.165, 1.54) is 0 Å². The summed E-state index contributed by atoms with van der Waals surface area (Å²) in [6.45, 7) is 9.61. The van der Waals surface area contributed by atoms with Crippen molar-refractivity contribution in [3.05, 3.63) is 47.5 Å². The molecule has 6 heteroatoms. The van der Waals surface area contributed by atoms with E-state index in [0.29, 0.717) is 5.82 Å². The highest BCUT2D eigenvalue weighted by atomic mass is 16.6. The Morgan fingerprint density at radius 1 is 1.27 bits per heavy atom. The maximum absolute atomic E-state index is 13.1. The second-order valence-corrected chi connectivity index (χ2v) is 7.92. The molecule has 1 fully saturated rings. The molecule has 138 valence electrons. The number of hydrogen-bond donors (Lipinski definition) is 1. The smallest absolute Gasteiger partial charge is 0.322 e. The average molecular weight is 355 g/mol. The minimum Gasteiger partial charge on any atom is -0.459 e. The molecule has 26 heavy (non-hydrogen) atoms. The van der Waals surface area contributed by atoms with E-state index in [-0.39, 0.29) is 18.9 Å². The third-order valence-corrected chi connectivity index (χ3v) is 4.63. The third kappa shape index (κ3) is 3.11. The van der Waals surface area contributed by atoms with Gasteiger partial charge in [0.25, 0.3) is 0 Å². The largest absolute Gasteiger partial charge is 0.459 e. The molecule has 1 aromatic heterocycles. The molecule has 1 N–H and O–H groups in total. The molecule has 2 aromatic rings. The molecular weight excluding hydrogens is 330 g/mol. The number of aromatic amines is 1. The van der Waals surface area contributed by atoms with Gasteiger partial charge in [0, 0.05) is 24.6 Å². The van der Waals surface area contributed by atoms with E-state index in [4.69, 9.17) is 4.74 Å². The normalized spacial score (nSPS) is 20.5. The SMILES string of the molecule is Cc1cccc(C)c1N1CC(C(=O)OC(C)(C)C)(c2ncc[nH]2)CC1=O. The van der Waals surface area contributed by atoms with Gasteiger partial charge in [0.1, 0.15) is 11.4 Å². The number of rotatable bonds is 3. The fourth-order valence-electron chi connectivity index (χ4n) is 3.50. The number of nitrogens with zero attached hydrogens (tertiary/aromatic N) is 2. The van der Waals surface area contributed by atoms with Crippen molar-refractivity contribution in [2.45, 2.75) is 52.1 Å². The predicted molar refractivity (Wildman–Crippen MR) is 99.0 cm³/mol. The van der Waals surface area contributed by atoms with Crippen molar-refractivity contribution >= 4 is 17.6 Å². The van der Waals surface area contributed by atoms with Crippen LogP contribution in [0.15, 0.2) is 30.6 Å². The van der Waals surface area contributed by atoms with Crippen molar-refractivity contribution < 1.29 is 14.3 Å². The summed E-state index contributed by atoms with van der Waals surface area (Å²) < 4.78 is 5.66. The molecule has 1 amide bonds. The van der Waals surface area contributed by atoms with Crippen molar-refractivity contribution in [2.75, 3.05) is 11.4 Å². The lowest BCUT2D eigenvalue weighted by molar-refractivity contribution is -0.162. The molecule has 1 saturated heterocycles. The lowest BCUT2D eigenvalue weighted by Crippen LogP contribution is -2.44. The fraction of sp³-hybridized carbons (Fsp3) is 0.450. The Bertz CT molecular complexity index is 816. The Hall–Kier alpha value is -2.63. The van der Waals surface area contributed by atoms with E-state index >= 15 is 0 Å². The summed E-state index contributed by atoms with van der Waals surface area (Å²) in [5, 5.41) is 0. The molecular formula is C20H25N3O3. The van der Waals surface area contributed by atoms with Gasteiger partial charge in [-0.1, -0.05) is 18.2 Å². The summed E-state index contributed by atoms with van der Waals surface area (Å²) in [5.74, 6) is -0.0690. The van der Waals surface area contributed by atoms with Gasteiger partial charge in [-0.3, -0.25) is 9.59 Å². The number of imidazole rings is 1. The number of aryl methyl sites for hydroxylation is 2. The van der Waals surface area contributed by atoms with Crippen LogP contribution in [-0.4, -0.2) is 34.0 Å². The number of para-hydroxylation sites is 1. The summed E-state index contributed by atoms with van der Waals surface area (Å²) in [7, 11) is 0. The number of carbonyl (C=O) groups excluding carboxylic acids is 2. The summed E-state index contributed by atoms with van der Waals surface area (Å²) in [5.41, 5.74) is 1.07. The van der Waals surface area contributed by atoms with Crippen LogP contribution in [0.4, 0.5) is 5.69 Å². The molecule has 1 aromatic carbocycles. The number of H-pyrrole nitrogens is 1. The molecule has 0 bridgehead atoms. The van der Waals surface area contributed by atoms with Gasteiger partial charge in [0.05, 0.1) is 6.42 Å².